The zero-order chi connectivity index (χ0) is 15.5. The molecule has 0 aromatic rings. The van der Waals surface area contributed by atoms with Gasteiger partial charge >= 0.3 is 0 Å². The Morgan fingerprint density at radius 2 is 1.95 bits per heavy atom. The Hall–Kier alpha value is -0.630. The Bertz CT molecular complexity index is 522. The molecular formula is C20H30O2. The van der Waals surface area contributed by atoms with Crippen molar-refractivity contribution < 1.29 is 9.53 Å². The largest absolute Gasteiger partial charge is 0.374 e. The minimum Gasteiger partial charge on any atom is -0.374 e. The van der Waals surface area contributed by atoms with Gasteiger partial charge < -0.3 is 4.74 Å². The van der Waals surface area contributed by atoms with Crippen LogP contribution in [0.5, 0.6) is 0 Å². The number of ether oxygens (including phenoxy) is 1. The maximum absolute atomic E-state index is 12.8. The molecule has 0 heterocycles. The Morgan fingerprint density at radius 3 is 2.73 bits per heavy atom. The molecule has 4 aliphatic rings. The zero-order valence-electron chi connectivity index (χ0n) is 14.4. The van der Waals surface area contributed by atoms with Gasteiger partial charge in [-0.05, 0) is 68.1 Å². The summed E-state index contributed by atoms with van der Waals surface area (Å²) in [5.41, 5.74) is 2.06. The highest BCUT2D eigenvalue weighted by molar-refractivity contribution is 5.91. The van der Waals surface area contributed by atoms with Crippen molar-refractivity contribution in [2.75, 3.05) is 7.11 Å². The number of ketones is 1. The molecule has 4 aliphatic carbocycles. The average Bonchev–Trinajstić information content (AvgIpc) is 2.78. The van der Waals surface area contributed by atoms with Gasteiger partial charge in [-0.15, -0.1) is 0 Å². The third-order valence-electron chi connectivity index (χ3n) is 8.02. The minimum absolute atomic E-state index is 0.113. The van der Waals surface area contributed by atoms with Crippen molar-refractivity contribution >= 4 is 5.78 Å². The SMILES string of the molecule is COC1C[C@H]2[C@@H]3CC=C4CCCC[C@]4(C)[C@@H]3CC[C@]2(C)C1=O. The first-order chi connectivity index (χ1) is 10.5. The van der Waals surface area contributed by atoms with E-state index in [1.807, 2.05) is 0 Å². The van der Waals surface area contributed by atoms with E-state index in [-0.39, 0.29) is 11.5 Å². The molecule has 0 saturated heterocycles. The van der Waals surface area contributed by atoms with Crippen molar-refractivity contribution in [2.45, 2.75) is 71.3 Å². The minimum atomic E-state index is -0.140. The summed E-state index contributed by atoms with van der Waals surface area (Å²) in [7, 11) is 1.71. The number of hydrogen-bond donors (Lipinski definition) is 0. The molecule has 2 heteroatoms. The molecular weight excluding hydrogens is 272 g/mol. The second-order valence-electron chi connectivity index (χ2n) is 8.75. The van der Waals surface area contributed by atoms with Crippen LogP contribution in [0.15, 0.2) is 11.6 Å². The van der Waals surface area contributed by atoms with Crippen LogP contribution >= 0.6 is 0 Å². The third-order valence-corrected chi connectivity index (χ3v) is 8.02. The maximum Gasteiger partial charge on any atom is 0.167 e. The van der Waals surface area contributed by atoms with E-state index in [1.165, 1.54) is 38.5 Å². The number of Topliss-reactive ketones (excluding diaryl/α,β-unsaturated/α-hetero) is 1. The predicted octanol–water partition coefficient (Wildman–Crippen LogP) is 4.53. The summed E-state index contributed by atoms with van der Waals surface area (Å²) in [6.07, 6.45) is 12.4. The molecule has 22 heavy (non-hydrogen) atoms. The van der Waals surface area contributed by atoms with E-state index >= 15 is 0 Å². The highest BCUT2D eigenvalue weighted by atomic mass is 16.5. The summed E-state index contributed by atoms with van der Waals surface area (Å²) in [5, 5.41) is 0. The quantitative estimate of drug-likeness (QED) is 0.665. The number of fused-ring (bicyclic) bond motifs is 5. The summed E-state index contributed by atoms with van der Waals surface area (Å²) in [4.78, 5) is 12.8. The molecule has 0 spiro atoms. The fourth-order valence-electron chi connectivity index (χ4n) is 6.67. The normalized spacial score (nSPS) is 50.9. The molecule has 3 fully saturated rings. The van der Waals surface area contributed by atoms with Gasteiger partial charge in [-0.3, -0.25) is 4.79 Å². The van der Waals surface area contributed by atoms with Crippen LogP contribution in [-0.4, -0.2) is 19.0 Å². The number of carbonyl (C=O) groups excluding carboxylic acids is 1. The Kier molecular flexibility index (Phi) is 3.35. The van der Waals surface area contributed by atoms with Crippen molar-refractivity contribution in [3.05, 3.63) is 11.6 Å². The van der Waals surface area contributed by atoms with Gasteiger partial charge in [0.15, 0.2) is 5.78 Å². The van der Waals surface area contributed by atoms with Gasteiger partial charge in [0.2, 0.25) is 0 Å². The summed E-state index contributed by atoms with van der Waals surface area (Å²) >= 11 is 0. The smallest absolute Gasteiger partial charge is 0.167 e. The molecule has 122 valence electrons. The van der Waals surface area contributed by atoms with Crippen LogP contribution in [0.25, 0.3) is 0 Å². The fraction of sp³-hybridized carbons (Fsp3) is 0.850. The van der Waals surface area contributed by atoms with Gasteiger partial charge in [0.1, 0.15) is 6.10 Å². The van der Waals surface area contributed by atoms with Crippen molar-refractivity contribution in [1.29, 1.82) is 0 Å². The molecule has 0 amide bonds. The zero-order valence-corrected chi connectivity index (χ0v) is 14.4. The fourth-order valence-corrected chi connectivity index (χ4v) is 6.67. The van der Waals surface area contributed by atoms with E-state index in [0.717, 1.165) is 18.8 Å². The topological polar surface area (TPSA) is 26.3 Å². The van der Waals surface area contributed by atoms with Crippen LogP contribution in [0.3, 0.4) is 0 Å². The van der Waals surface area contributed by atoms with Crippen molar-refractivity contribution in [2.24, 2.45) is 28.6 Å². The molecule has 6 atom stereocenters. The molecule has 0 aromatic heterocycles. The summed E-state index contributed by atoms with van der Waals surface area (Å²) in [5.74, 6) is 2.44. The molecule has 2 nitrogen and oxygen atoms in total. The second-order valence-corrected chi connectivity index (χ2v) is 8.75. The van der Waals surface area contributed by atoms with E-state index in [2.05, 4.69) is 19.9 Å². The first-order valence-corrected chi connectivity index (χ1v) is 9.27. The van der Waals surface area contributed by atoms with Crippen LogP contribution in [-0.2, 0) is 9.53 Å². The molecule has 0 bridgehead atoms. The van der Waals surface area contributed by atoms with Crippen molar-refractivity contribution in [3.63, 3.8) is 0 Å². The Morgan fingerprint density at radius 1 is 1.14 bits per heavy atom. The lowest BCUT2D eigenvalue weighted by Gasteiger charge is -2.56. The number of methoxy groups -OCH3 is 1. The van der Waals surface area contributed by atoms with Crippen LogP contribution in [0.2, 0.25) is 0 Å². The summed E-state index contributed by atoms with van der Waals surface area (Å²) in [6, 6.07) is 0. The van der Waals surface area contributed by atoms with Crippen LogP contribution in [0.1, 0.15) is 65.2 Å². The van der Waals surface area contributed by atoms with E-state index in [1.54, 1.807) is 12.7 Å². The molecule has 3 saturated carbocycles. The van der Waals surface area contributed by atoms with Gasteiger partial charge in [-0.2, -0.15) is 0 Å². The van der Waals surface area contributed by atoms with E-state index in [9.17, 15) is 4.79 Å². The van der Waals surface area contributed by atoms with Crippen LogP contribution < -0.4 is 0 Å². The average molecular weight is 302 g/mol. The van der Waals surface area contributed by atoms with Crippen molar-refractivity contribution in [1.82, 2.24) is 0 Å². The number of hydrogen-bond acceptors (Lipinski definition) is 2. The van der Waals surface area contributed by atoms with Gasteiger partial charge in [0.25, 0.3) is 0 Å². The van der Waals surface area contributed by atoms with Gasteiger partial charge in [-0.1, -0.05) is 31.9 Å². The van der Waals surface area contributed by atoms with E-state index < -0.39 is 0 Å². The van der Waals surface area contributed by atoms with Gasteiger partial charge in [0, 0.05) is 12.5 Å². The van der Waals surface area contributed by atoms with E-state index in [0.29, 0.717) is 23.0 Å². The molecule has 0 aliphatic heterocycles. The van der Waals surface area contributed by atoms with Crippen LogP contribution in [0, 0.1) is 28.6 Å². The monoisotopic (exact) mass is 302 g/mol. The number of allylic oxidation sites excluding steroid dienone is 2. The lowest BCUT2D eigenvalue weighted by molar-refractivity contribution is -0.137. The lowest BCUT2D eigenvalue weighted by atomic mass is 9.48. The molecule has 0 N–H and O–H groups in total. The Balaban J connectivity index is 1.69. The Labute approximate surface area is 134 Å². The third kappa shape index (κ3) is 1.79. The van der Waals surface area contributed by atoms with Crippen molar-refractivity contribution in [3.8, 4) is 0 Å². The molecule has 0 aromatic carbocycles. The molecule has 4 rings (SSSR count). The summed E-state index contributed by atoms with van der Waals surface area (Å²) < 4.78 is 5.53. The number of carbonyl (C=O) groups is 1. The highest BCUT2D eigenvalue weighted by Gasteiger charge is 2.60. The second kappa shape index (κ2) is 4.93. The standard InChI is InChI=1S/C20H30O2/c1-19-10-5-4-6-13(19)7-8-14-15(19)9-11-20(2)16(14)12-17(22-3)18(20)21/h7,14-17H,4-6,8-12H2,1-3H3/t14-,15-,16+,17?,19+,20+/m1/s1. The van der Waals surface area contributed by atoms with E-state index in [4.69, 9.17) is 4.74 Å². The first kappa shape index (κ1) is 14.9. The summed E-state index contributed by atoms with van der Waals surface area (Å²) in [6.45, 7) is 4.76. The lowest BCUT2D eigenvalue weighted by Crippen LogP contribution is -2.49. The van der Waals surface area contributed by atoms with Gasteiger partial charge in [0.05, 0.1) is 0 Å². The molecule has 1 unspecified atom stereocenters. The van der Waals surface area contributed by atoms with Crippen LogP contribution in [0.4, 0.5) is 0 Å². The highest BCUT2D eigenvalue weighted by Crippen LogP contribution is 2.64. The first-order valence-electron chi connectivity index (χ1n) is 9.27. The number of rotatable bonds is 1. The predicted molar refractivity (Wildman–Crippen MR) is 87.5 cm³/mol. The van der Waals surface area contributed by atoms with Gasteiger partial charge in [-0.25, -0.2) is 0 Å². The molecule has 0 radical (unpaired) electrons. The maximum atomic E-state index is 12.8.